The largest absolute Gasteiger partial charge is 0.507 e. The third kappa shape index (κ3) is 4.58. The van der Waals surface area contributed by atoms with Crippen LogP contribution in [-0.4, -0.2) is 51.2 Å². The van der Waals surface area contributed by atoms with Gasteiger partial charge < -0.3 is 29.2 Å². The van der Waals surface area contributed by atoms with Crippen LogP contribution in [0.2, 0.25) is 5.54 Å². The maximum absolute atomic E-state index is 10.0. The van der Waals surface area contributed by atoms with Gasteiger partial charge >= 0.3 is 8.80 Å². The van der Waals surface area contributed by atoms with Crippen molar-refractivity contribution in [3.63, 3.8) is 0 Å². The van der Waals surface area contributed by atoms with Crippen molar-refractivity contribution in [1.29, 1.82) is 0 Å². The van der Waals surface area contributed by atoms with Gasteiger partial charge in [-0.15, -0.1) is 0 Å². The number of hydrogen-bond acceptors (Lipinski definition) is 6. The fourth-order valence-corrected chi connectivity index (χ4v) is 5.20. The monoisotopic (exact) mass is 281 g/mol. The molecule has 0 spiro atoms. The van der Waals surface area contributed by atoms with E-state index in [1.165, 1.54) is 0 Å². The molecule has 0 aliphatic heterocycles. The topological polar surface area (TPSA) is 94.2 Å². The van der Waals surface area contributed by atoms with Crippen LogP contribution in [0.25, 0.3) is 0 Å². The average Bonchev–Trinajstić information content (AvgIpc) is 2.30. The first-order valence-corrected chi connectivity index (χ1v) is 8.32. The highest BCUT2D eigenvalue weighted by Crippen LogP contribution is 2.33. The highest BCUT2D eigenvalue weighted by Gasteiger charge is 2.52. The lowest BCUT2D eigenvalue weighted by Crippen LogP contribution is -2.56. The summed E-state index contributed by atoms with van der Waals surface area (Å²) in [6, 6.07) is 0. The van der Waals surface area contributed by atoms with Crippen molar-refractivity contribution < 1.29 is 23.5 Å². The molecule has 7 heteroatoms. The van der Waals surface area contributed by atoms with Crippen LogP contribution in [0.3, 0.4) is 0 Å². The maximum atomic E-state index is 10.0. The Bertz CT molecular complexity index is 201. The van der Waals surface area contributed by atoms with Gasteiger partial charge in [-0.05, 0) is 27.2 Å². The molecule has 0 saturated carbocycles. The molecule has 110 valence electrons. The quantitative estimate of drug-likeness (QED) is 0.398. The summed E-state index contributed by atoms with van der Waals surface area (Å²) in [5, 5.41) is 19.4. The van der Waals surface area contributed by atoms with Gasteiger partial charge in [0, 0.05) is 19.8 Å². The van der Waals surface area contributed by atoms with Crippen molar-refractivity contribution in [2.45, 2.75) is 52.0 Å². The summed E-state index contributed by atoms with van der Waals surface area (Å²) in [5.41, 5.74) is 4.93. The highest BCUT2D eigenvalue weighted by atomic mass is 28.4. The van der Waals surface area contributed by atoms with E-state index in [0.29, 0.717) is 26.2 Å². The van der Waals surface area contributed by atoms with E-state index in [2.05, 4.69) is 0 Å². The Labute approximate surface area is 110 Å². The average molecular weight is 281 g/mol. The molecule has 0 heterocycles. The molecule has 4 N–H and O–H groups in total. The Balaban J connectivity index is 5.18. The van der Waals surface area contributed by atoms with Crippen molar-refractivity contribution >= 4 is 8.80 Å². The lowest BCUT2D eigenvalue weighted by molar-refractivity contribution is -0.0158. The van der Waals surface area contributed by atoms with E-state index in [4.69, 9.17) is 19.0 Å². The van der Waals surface area contributed by atoms with Crippen molar-refractivity contribution in [3.05, 3.63) is 0 Å². The molecule has 0 amide bonds. The van der Waals surface area contributed by atoms with Gasteiger partial charge in [0.1, 0.15) is 12.3 Å². The fraction of sp³-hybridized carbons (Fsp3) is 1.00. The Morgan fingerprint density at radius 2 is 1.33 bits per heavy atom. The molecule has 0 saturated heterocycles. The van der Waals surface area contributed by atoms with Crippen molar-refractivity contribution in [2.75, 3.05) is 19.8 Å². The molecule has 0 aromatic carbocycles. The van der Waals surface area contributed by atoms with Crippen molar-refractivity contribution in [3.8, 4) is 0 Å². The van der Waals surface area contributed by atoms with E-state index in [0.717, 1.165) is 0 Å². The van der Waals surface area contributed by atoms with Crippen LogP contribution in [0, 0.1) is 0 Å². The molecule has 0 fully saturated rings. The summed E-state index contributed by atoms with van der Waals surface area (Å²) < 4.78 is 17.1. The molecule has 0 rings (SSSR count). The van der Waals surface area contributed by atoms with Crippen LogP contribution in [0.5, 0.6) is 0 Å². The summed E-state index contributed by atoms with van der Waals surface area (Å²) in [5.74, 6) is 0. The predicted molar refractivity (Wildman–Crippen MR) is 70.9 cm³/mol. The number of aliphatic hydroxyl groups excluding tert-OH is 2. The second kappa shape index (κ2) is 8.97. The van der Waals surface area contributed by atoms with Crippen molar-refractivity contribution in [1.82, 2.24) is 0 Å². The van der Waals surface area contributed by atoms with Crippen LogP contribution in [0.1, 0.15) is 34.1 Å². The molecule has 0 aromatic heterocycles. The SMILES string of the molecule is CCO[Si](OCC)(OCC)C(CC)C(O)C(N)O. The van der Waals surface area contributed by atoms with Gasteiger partial charge in [-0.3, -0.25) is 0 Å². The third-order valence-electron chi connectivity index (χ3n) is 2.69. The first-order chi connectivity index (χ1) is 8.48. The van der Waals surface area contributed by atoms with Gasteiger partial charge in [0.2, 0.25) is 0 Å². The van der Waals surface area contributed by atoms with Gasteiger partial charge in [-0.1, -0.05) is 6.92 Å². The van der Waals surface area contributed by atoms with Gasteiger partial charge in [0.15, 0.2) is 0 Å². The molecule has 0 aliphatic rings. The molecular weight excluding hydrogens is 254 g/mol. The van der Waals surface area contributed by atoms with Crippen LogP contribution in [-0.2, 0) is 13.3 Å². The number of nitrogens with two attached hydrogens (primary N) is 1. The summed E-state index contributed by atoms with van der Waals surface area (Å²) >= 11 is 0. The summed E-state index contributed by atoms with van der Waals surface area (Å²) in [6.45, 7) is 8.70. The van der Waals surface area contributed by atoms with E-state index < -0.39 is 26.7 Å². The van der Waals surface area contributed by atoms with Gasteiger partial charge in [-0.25, -0.2) is 0 Å². The summed E-state index contributed by atoms with van der Waals surface area (Å²) in [7, 11) is -3.04. The first-order valence-electron chi connectivity index (χ1n) is 6.52. The molecule has 18 heavy (non-hydrogen) atoms. The van der Waals surface area contributed by atoms with Crippen molar-refractivity contribution in [2.24, 2.45) is 5.73 Å². The van der Waals surface area contributed by atoms with Crippen LogP contribution < -0.4 is 5.73 Å². The zero-order chi connectivity index (χ0) is 14.2. The highest BCUT2D eigenvalue weighted by molar-refractivity contribution is 6.62. The molecule has 6 nitrogen and oxygen atoms in total. The first kappa shape index (κ1) is 18.0. The second-order valence-electron chi connectivity index (χ2n) is 3.90. The Hall–Kier alpha value is -0.0231. The molecule has 0 radical (unpaired) electrons. The zero-order valence-electron chi connectivity index (χ0n) is 11.8. The van der Waals surface area contributed by atoms with Crippen LogP contribution in [0.15, 0.2) is 0 Å². The minimum atomic E-state index is -3.04. The van der Waals surface area contributed by atoms with Crippen LogP contribution >= 0.6 is 0 Å². The van der Waals surface area contributed by atoms with E-state index in [1.807, 2.05) is 27.7 Å². The minimum Gasteiger partial charge on any atom is -0.389 e. The summed E-state index contributed by atoms with van der Waals surface area (Å²) in [4.78, 5) is 0. The number of aliphatic hydroxyl groups is 2. The molecule has 0 aromatic rings. The zero-order valence-corrected chi connectivity index (χ0v) is 12.8. The van der Waals surface area contributed by atoms with E-state index >= 15 is 0 Å². The molecule has 0 bridgehead atoms. The standard InChI is InChI=1S/C11H27NO5Si/c1-5-9(10(13)11(12)14)18(15-6-2,16-7-3)17-8-4/h9-11,13-14H,5-8,12H2,1-4H3. The molecule has 0 aliphatic carbocycles. The van der Waals surface area contributed by atoms with Gasteiger partial charge in [0.05, 0.1) is 5.54 Å². The number of hydrogen-bond donors (Lipinski definition) is 3. The fourth-order valence-electron chi connectivity index (χ4n) is 1.99. The third-order valence-corrected chi connectivity index (χ3v) is 6.42. The molecule has 3 atom stereocenters. The van der Waals surface area contributed by atoms with E-state index in [-0.39, 0.29) is 0 Å². The van der Waals surface area contributed by atoms with Gasteiger partial charge in [-0.2, -0.15) is 0 Å². The van der Waals surface area contributed by atoms with Crippen LogP contribution in [0.4, 0.5) is 0 Å². The smallest absolute Gasteiger partial charge is 0.389 e. The maximum Gasteiger partial charge on any atom is 0.507 e. The minimum absolute atomic E-state index is 0.427. The lowest BCUT2D eigenvalue weighted by atomic mass is 10.2. The Morgan fingerprint density at radius 3 is 1.56 bits per heavy atom. The molecule has 3 unspecified atom stereocenters. The van der Waals surface area contributed by atoms with E-state index in [1.54, 1.807) is 0 Å². The van der Waals surface area contributed by atoms with Gasteiger partial charge in [0.25, 0.3) is 0 Å². The lowest BCUT2D eigenvalue weighted by Gasteiger charge is -2.37. The Kier molecular flexibility index (Phi) is 8.96. The normalized spacial score (nSPS) is 17.5. The van der Waals surface area contributed by atoms with E-state index in [9.17, 15) is 10.2 Å². The Morgan fingerprint density at radius 1 is 0.944 bits per heavy atom. The summed E-state index contributed by atoms with van der Waals surface area (Å²) in [6.07, 6.45) is -1.89. The number of rotatable bonds is 10. The molecular formula is C11H27NO5Si. The second-order valence-corrected chi connectivity index (χ2v) is 6.71. The predicted octanol–water partition coefficient (Wildman–Crippen LogP) is 0.453.